The minimum absolute atomic E-state index is 0.435. The predicted octanol–water partition coefficient (Wildman–Crippen LogP) is 2.41. The molecule has 0 saturated carbocycles. The number of hydrogen-bond donors (Lipinski definition) is 1. The lowest BCUT2D eigenvalue weighted by Gasteiger charge is -2.31. The molecule has 1 fully saturated rings. The Morgan fingerprint density at radius 2 is 2.50 bits per heavy atom. The largest absolute Gasteiger partial charge is 0.480 e. The SMILES string of the molecule is O=C(O)C1CSCCN1Cc1coc(-c2cccs2)n1. The predicted molar refractivity (Wildman–Crippen MR) is 79.0 cm³/mol. The first-order valence-electron chi connectivity index (χ1n) is 6.27. The molecule has 1 N–H and O–H groups in total. The molecule has 1 atom stereocenters. The van der Waals surface area contributed by atoms with Crippen molar-refractivity contribution in [3.05, 3.63) is 29.5 Å². The maximum atomic E-state index is 11.2. The number of rotatable bonds is 4. The van der Waals surface area contributed by atoms with Gasteiger partial charge in [0.2, 0.25) is 5.89 Å². The number of hydrogen-bond acceptors (Lipinski definition) is 6. The van der Waals surface area contributed by atoms with Gasteiger partial charge < -0.3 is 9.52 Å². The highest BCUT2D eigenvalue weighted by atomic mass is 32.2. The Kier molecular flexibility index (Phi) is 4.09. The van der Waals surface area contributed by atoms with Crippen molar-refractivity contribution in [3.63, 3.8) is 0 Å². The number of aromatic nitrogens is 1. The van der Waals surface area contributed by atoms with Crippen LogP contribution in [0, 0.1) is 0 Å². The van der Waals surface area contributed by atoms with Gasteiger partial charge in [-0.1, -0.05) is 6.07 Å². The number of oxazole rings is 1. The lowest BCUT2D eigenvalue weighted by molar-refractivity contribution is -0.142. The second-order valence-corrected chi connectivity index (χ2v) is 6.62. The molecule has 3 rings (SSSR count). The van der Waals surface area contributed by atoms with Crippen molar-refractivity contribution < 1.29 is 14.3 Å². The first-order chi connectivity index (χ1) is 9.74. The van der Waals surface area contributed by atoms with E-state index >= 15 is 0 Å². The van der Waals surface area contributed by atoms with Crippen molar-refractivity contribution in [2.24, 2.45) is 0 Å². The van der Waals surface area contributed by atoms with Gasteiger partial charge in [-0.15, -0.1) is 11.3 Å². The minimum Gasteiger partial charge on any atom is -0.480 e. The van der Waals surface area contributed by atoms with E-state index in [1.54, 1.807) is 29.4 Å². The maximum absolute atomic E-state index is 11.2. The molecule has 0 spiro atoms. The summed E-state index contributed by atoms with van der Waals surface area (Å²) in [5, 5.41) is 11.2. The van der Waals surface area contributed by atoms with Gasteiger partial charge in [-0.2, -0.15) is 11.8 Å². The Balaban J connectivity index is 1.72. The summed E-state index contributed by atoms with van der Waals surface area (Å²) in [5.74, 6) is 1.43. The number of nitrogens with zero attached hydrogens (tertiary/aromatic N) is 2. The fourth-order valence-corrected chi connectivity index (χ4v) is 3.92. The summed E-state index contributed by atoms with van der Waals surface area (Å²) in [4.78, 5) is 18.6. The van der Waals surface area contributed by atoms with Crippen LogP contribution < -0.4 is 0 Å². The van der Waals surface area contributed by atoms with Crippen LogP contribution in [0.5, 0.6) is 0 Å². The third-order valence-electron chi connectivity index (χ3n) is 3.17. The molecule has 0 aromatic carbocycles. The van der Waals surface area contributed by atoms with Crippen LogP contribution in [0.1, 0.15) is 5.69 Å². The van der Waals surface area contributed by atoms with E-state index in [4.69, 9.17) is 4.42 Å². The molecule has 0 radical (unpaired) electrons. The Bertz CT molecular complexity index is 582. The normalized spacial score (nSPS) is 20.1. The summed E-state index contributed by atoms with van der Waals surface area (Å²) in [6.07, 6.45) is 1.62. The molecular formula is C13H14N2O3S2. The molecule has 1 unspecified atom stereocenters. The van der Waals surface area contributed by atoms with E-state index in [9.17, 15) is 9.90 Å². The number of thioether (sulfide) groups is 1. The van der Waals surface area contributed by atoms with Crippen molar-refractivity contribution in [2.45, 2.75) is 12.6 Å². The Morgan fingerprint density at radius 3 is 3.25 bits per heavy atom. The molecule has 3 heterocycles. The van der Waals surface area contributed by atoms with Crippen molar-refractivity contribution in [1.29, 1.82) is 0 Å². The van der Waals surface area contributed by atoms with Crippen LogP contribution in [0.25, 0.3) is 10.8 Å². The molecule has 7 heteroatoms. The zero-order valence-electron chi connectivity index (χ0n) is 10.7. The van der Waals surface area contributed by atoms with E-state index in [1.165, 1.54) is 0 Å². The van der Waals surface area contributed by atoms with Crippen LogP contribution in [-0.4, -0.2) is 45.1 Å². The summed E-state index contributed by atoms with van der Waals surface area (Å²) in [6.45, 7) is 1.29. The van der Waals surface area contributed by atoms with Gasteiger partial charge in [0.15, 0.2) is 0 Å². The second-order valence-electron chi connectivity index (χ2n) is 4.52. The third kappa shape index (κ3) is 2.89. The maximum Gasteiger partial charge on any atom is 0.321 e. The van der Waals surface area contributed by atoms with E-state index in [-0.39, 0.29) is 0 Å². The molecule has 1 aliphatic rings. The topological polar surface area (TPSA) is 66.6 Å². The van der Waals surface area contributed by atoms with Gasteiger partial charge in [0.25, 0.3) is 0 Å². The zero-order chi connectivity index (χ0) is 13.9. The number of aliphatic carboxylic acids is 1. The van der Waals surface area contributed by atoms with Crippen molar-refractivity contribution >= 4 is 29.1 Å². The third-order valence-corrected chi connectivity index (χ3v) is 5.05. The molecule has 5 nitrogen and oxygen atoms in total. The van der Waals surface area contributed by atoms with Crippen LogP contribution >= 0.6 is 23.1 Å². The highest BCUT2D eigenvalue weighted by Gasteiger charge is 2.29. The molecule has 0 aliphatic carbocycles. The van der Waals surface area contributed by atoms with Gasteiger partial charge >= 0.3 is 5.97 Å². The Morgan fingerprint density at radius 1 is 1.60 bits per heavy atom. The smallest absolute Gasteiger partial charge is 0.321 e. The fourth-order valence-electron chi connectivity index (χ4n) is 2.16. The molecule has 2 aromatic rings. The highest BCUT2D eigenvalue weighted by molar-refractivity contribution is 7.99. The van der Waals surface area contributed by atoms with Crippen LogP contribution in [-0.2, 0) is 11.3 Å². The molecule has 0 amide bonds. The first kappa shape index (κ1) is 13.7. The van der Waals surface area contributed by atoms with Crippen molar-refractivity contribution in [3.8, 4) is 10.8 Å². The minimum atomic E-state index is -0.765. The summed E-state index contributed by atoms with van der Waals surface area (Å²) >= 11 is 3.26. The van der Waals surface area contributed by atoms with E-state index in [2.05, 4.69) is 4.98 Å². The lowest BCUT2D eigenvalue weighted by Crippen LogP contribution is -2.46. The highest BCUT2D eigenvalue weighted by Crippen LogP contribution is 2.25. The lowest BCUT2D eigenvalue weighted by atomic mass is 10.2. The van der Waals surface area contributed by atoms with E-state index in [0.717, 1.165) is 22.9 Å². The van der Waals surface area contributed by atoms with E-state index in [0.29, 0.717) is 18.2 Å². The number of thiophene rings is 1. The van der Waals surface area contributed by atoms with Gasteiger partial charge in [0, 0.05) is 24.6 Å². The van der Waals surface area contributed by atoms with Crippen molar-refractivity contribution in [2.75, 3.05) is 18.1 Å². The number of carboxylic acids is 1. The van der Waals surface area contributed by atoms with Gasteiger partial charge in [-0.3, -0.25) is 9.69 Å². The Labute approximate surface area is 124 Å². The average Bonchev–Trinajstić information content (AvgIpc) is 3.09. The summed E-state index contributed by atoms with van der Waals surface area (Å²) in [7, 11) is 0. The van der Waals surface area contributed by atoms with E-state index < -0.39 is 12.0 Å². The molecule has 20 heavy (non-hydrogen) atoms. The number of carbonyl (C=O) groups is 1. The molecule has 0 bridgehead atoms. The number of carboxylic acid groups (broad SMARTS) is 1. The second kappa shape index (κ2) is 5.99. The molecule has 106 valence electrons. The molecule has 1 aliphatic heterocycles. The molecular weight excluding hydrogens is 296 g/mol. The van der Waals surface area contributed by atoms with Gasteiger partial charge in [0.1, 0.15) is 12.3 Å². The van der Waals surface area contributed by atoms with Gasteiger partial charge in [-0.25, -0.2) is 4.98 Å². The van der Waals surface area contributed by atoms with Crippen LogP contribution in [0.4, 0.5) is 0 Å². The summed E-state index contributed by atoms with van der Waals surface area (Å²) in [5.41, 5.74) is 0.784. The fraction of sp³-hybridized carbons (Fsp3) is 0.385. The molecule has 2 aromatic heterocycles. The first-order valence-corrected chi connectivity index (χ1v) is 8.30. The average molecular weight is 310 g/mol. The summed E-state index contributed by atoms with van der Waals surface area (Å²) < 4.78 is 5.47. The van der Waals surface area contributed by atoms with Crippen molar-refractivity contribution in [1.82, 2.24) is 9.88 Å². The van der Waals surface area contributed by atoms with E-state index in [1.807, 2.05) is 22.4 Å². The van der Waals surface area contributed by atoms with Crippen LogP contribution in [0.15, 0.2) is 28.2 Å². The van der Waals surface area contributed by atoms with Crippen LogP contribution in [0.2, 0.25) is 0 Å². The van der Waals surface area contributed by atoms with Gasteiger partial charge in [0.05, 0.1) is 10.6 Å². The standard InChI is InChI=1S/C13H14N2O3S2/c16-13(17)10-8-19-5-3-15(10)6-9-7-18-12(14-9)11-2-1-4-20-11/h1-2,4,7,10H,3,5-6,8H2,(H,16,17). The zero-order valence-corrected chi connectivity index (χ0v) is 12.3. The summed E-state index contributed by atoms with van der Waals surface area (Å²) in [6, 6.07) is 3.47. The molecule has 1 saturated heterocycles. The Hall–Kier alpha value is -1.31. The van der Waals surface area contributed by atoms with Gasteiger partial charge in [-0.05, 0) is 11.4 Å². The van der Waals surface area contributed by atoms with Crippen LogP contribution in [0.3, 0.4) is 0 Å². The quantitative estimate of drug-likeness (QED) is 0.935. The monoisotopic (exact) mass is 310 g/mol.